The molecule has 0 N–H and O–H groups in total. The highest BCUT2D eigenvalue weighted by Crippen LogP contribution is 2.39. The summed E-state index contributed by atoms with van der Waals surface area (Å²) in [6.07, 6.45) is 0. The maximum Gasteiger partial charge on any atom is 0.346 e. The minimum atomic E-state index is -0.706. The minimum Gasteiger partial charge on any atom is -0.386 e. The fourth-order valence-electron chi connectivity index (χ4n) is 3.98. The van der Waals surface area contributed by atoms with Crippen LogP contribution in [-0.4, -0.2) is 23.9 Å². The van der Waals surface area contributed by atoms with Crippen molar-refractivity contribution < 1.29 is 28.7 Å². The normalized spacial score (nSPS) is 14.6. The number of benzene rings is 3. The fourth-order valence-corrected chi connectivity index (χ4v) is 3.98. The van der Waals surface area contributed by atoms with Gasteiger partial charge in [-0.25, -0.2) is 19.2 Å². The molecule has 3 aromatic carbocycles. The molecule has 0 aliphatic carbocycles. The van der Waals surface area contributed by atoms with Crippen molar-refractivity contribution in [2.45, 2.75) is 26.2 Å². The number of hydrogen-bond donors (Lipinski definition) is 0. The zero-order chi connectivity index (χ0) is 23.5. The summed E-state index contributed by atoms with van der Waals surface area (Å²) >= 11 is 0. The molecule has 2 heterocycles. The van der Waals surface area contributed by atoms with E-state index in [0.29, 0.717) is 11.4 Å². The Kier molecular flexibility index (Phi) is 4.46. The predicted octanol–water partition coefficient (Wildman–Crippen LogP) is 5.08. The number of fused-ring (bicyclic) bond motifs is 2. The average Bonchev–Trinajstić information content (AvgIpc) is 3.22. The number of carbonyl (C=O) groups excluding carboxylic acids is 4. The second kappa shape index (κ2) is 7.13. The van der Waals surface area contributed by atoms with Crippen molar-refractivity contribution in [1.82, 2.24) is 0 Å². The summed E-state index contributed by atoms with van der Waals surface area (Å²) in [5.41, 5.74) is 3.77. The summed E-state index contributed by atoms with van der Waals surface area (Å²) < 4.78 is 9.44. The number of anilines is 3. The SMILES string of the molecule is CC(C)(C)c1ccc(N(c2ccc3c(c2)C(=O)OC3=O)c2ccc3c(c2)C(=O)OC3=O)cc1. The van der Waals surface area contributed by atoms with Crippen molar-refractivity contribution >= 4 is 40.9 Å². The Bertz CT molecular complexity index is 1290. The van der Waals surface area contributed by atoms with Gasteiger partial charge in [0.05, 0.1) is 22.3 Å². The molecule has 0 unspecified atom stereocenters. The van der Waals surface area contributed by atoms with Crippen molar-refractivity contribution in [3.05, 3.63) is 88.5 Å². The molecule has 0 saturated heterocycles. The number of carbonyl (C=O) groups is 4. The highest BCUT2D eigenvalue weighted by atomic mass is 16.6. The lowest BCUT2D eigenvalue weighted by Crippen LogP contribution is -2.14. The second-order valence-electron chi connectivity index (χ2n) is 8.95. The first-order chi connectivity index (χ1) is 15.6. The van der Waals surface area contributed by atoms with E-state index in [2.05, 4.69) is 20.8 Å². The lowest BCUT2D eigenvalue weighted by atomic mass is 9.87. The van der Waals surface area contributed by atoms with Crippen LogP contribution in [0.1, 0.15) is 67.8 Å². The van der Waals surface area contributed by atoms with Gasteiger partial charge >= 0.3 is 23.9 Å². The number of esters is 4. The number of rotatable bonds is 3. The molecular formula is C26H19NO6. The molecule has 7 nitrogen and oxygen atoms in total. The molecule has 3 aromatic rings. The Hall–Kier alpha value is -4.26. The molecule has 0 amide bonds. The molecule has 0 aromatic heterocycles. The Labute approximate surface area is 189 Å². The van der Waals surface area contributed by atoms with E-state index in [1.54, 1.807) is 36.4 Å². The van der Waals surface area contributed by atoms with Gasteiger partial charge in [-0.1, -0.05) is 32.9 Å². The van der Waals surface area contributed by atoms with E-state index >= 15 is 0 Å². The Balaban J connectivity index is 1.67. The molecule has 5 rings (SSSR count). The molecular weight excluding hydrogens is 422 g/mol. The highest BCUT2D eigenvalue weighted by molar-refractivity contribution is 6.16. The van der Waals surface area contributed by atoms with E-state index in [1.807, 2.05) is 29.2 Å². The van der Waals surface area contributed by atoms with Crippen LogP contribution in [0.25, 0.3) is 0 Å². The molecule has 0 bridgehead atoms. The fraction of sp³-hybridized carbons (Fsp3) is 0.154. The number of cyclic esters (lactones) is 4. The van der Waals surface area contributed by atoms with Gasteiger partial charge in [-0.2, -0.15) is 0 Å². The predicted molar refractivity (Wildman–Crippen MR) is 119 cm³/mol. The van der Waals surface area contributed by atoms with Crippen LogP contribution in [0.15, 0.2) is 60.7 Å². The van der Waals surface area contributed by atoms with Gasteiger partial charge in [-0.15, -0.1) is 0 Å². The molecule has 0 radical (unpaired) electrons. The number of nitrogens with zero attached hydrogens (tertiary/aromatic N) is 1. The van der Waals surface area contributed by atoms with Crippen molar-refractivity contribution in [3.63, 3.8) is 0 Å². The Morgan fingerprint density at radius 2 is 0.939 bits per heavy atom. The Morgan fingerprint density at radius 3 is 1.36 bits per heavy atom. The third-order valence-electron chi connectivity index (χ3n) is 5.76. The van der Waals surface area contributed by atoms with Crippen LogP contribution in [0.3, 0.4) is 0 Å². The van der Waals surface area contributed by atoms with E-state index in [1.165, 1.54) is 0 Å². The lowest BCUT2D eigenvalue weighted by Gasteiger charge is -2.27. The van der Waals surface area contributed by atoms with Crippen molar-refractivity contribution in [3.8, 4) is 0 Å². The molecule has 7 heteroatoms. The minimum absolute atomic E-state index is 0.0429. The van der Waals surface area contributed by atoms with E-state index < -0.39 is 23.9 Å². The summed E-state index contributed by atoms with van der Waals surface area (Å²) in [4.78, 5) is 49.9. The monoisotopic (exact) mass is 441 g/mol. The van der Waals surface area contributed by atoms with Gasteiger partial charge in [-0.3, -0.25) is 0 Å². The molecule has 0 saturated carbocycles. The third kappa shape index (κ3) is 3.38. The number of hydrogen-bond acceptors (Lipinski definition) is 7. The van der Waals surface area contributed by atoms with E-state index in [-0.39, 0.29) is 27.7 Å². The quantitative estimate of drug-likeness (QED) is 0.414. The summed E-state index contributed by atoms with van der Waals surface area (Å²) in [7, 11) is 0. The summed E-state index contributed by atoms with van der Waals surface area (Å²) in [6.45, 7) is 6.35. The van der Waals surface area contributed by atoms with Gasteiger partial charge in [0.1, 0.15) is 0 Å². The Morgan fingerprint density at radius 1 is 0.545 bits per heavy atom. The van der Waals surface area contributed by atoms with Crippen molar-refractivity contribution in [2.24, 2.45) is 0 Å². The average molecular weight is 441 g/mol. The van der Waals surface area contributed by atoms with E-state index in [9.17, 15) is 19.2 Å². The smallest absolute Gasteiger partial charge is 0.346 e. The maximum absolute atomic E-state index is 12.2. The summed E-state index contributed by atoms with van der Waals surface area (Å²) in [5.74, 6) is -2.77. The van der Waals surface area contributed by atoms with Gasteiger partial charge in [0, 0.05) is 17.1 Å². The van der Waals surface area contributed by atoms with Gasteiger partial charge < -0.3 is 14.4 Å². The van der Waals surface area contributed by atoms with Crippen LogP contribution >= 0.6 is 0 Å². The second-order valence-corrected chi connectivity index (χ2v) is 8.95. The van der Waals surface area contributed by atoms with Gasteiger partial charge in [0.2, 0.25) is 0 Å². The summed E-state index contributed by atoms with van der Waals surface area (Å²) in [5, 5.41) is 0. The van der Waals surface area contributed by atoms with Crippen molar-refractivity contribution in [2.75, 3.05) is 4.90 Å². The topological polar surface area (TPSA) is 90.0 Å². The van der Waals surface area contributed by atoms with E-state index in [0.717, 1.165) is 11.3 Å². The van der Waals surface area contributed by atoms with Crippen LogP contribution in [0.2, 0.25) is 0 Å². The van der Waals surface area contributed by atoms with Crippen LogP contribution in [0, 0.1) is 0 Å². The molecule has 0 atom stereocenters. The molecule has 2 aliphatic rings. The molecule has 2 aliphatic heterocycles. The van der Waals surface area contributed by atoms with Crippen LogP contribution in [0.4, 0.5) is 17.1 Å². The molecule has 0 spiro atoms. The first-order valence-electron chi connectivity index (χ1n) is 10.4. The highest BCUT2D eigenvalue weighted by Gasteiger charge is 2.33. The molecule has 33 heavy (non-hydrogen) atoms. The van der Waals surface area contributed by atoms with Gasteiger partial charge in [0.15, 0.2) is 0 Å². The maximum atomic E-state index is 12.2. The van der Waals surface area contributed by atoms with Gasteiger partial charge in [0.25, 0.3) is 0 Å². The third-order valence-corrected chi connectivity index (χ3v) is 5.76. The summed E-state index contributed by atoms with van der Waals surface area (Å²) in [6, 6.07) is 17.5. The van der Waals surface area contributed by atoms with Crippen LogP contribution in [-0.2, 0) is 14.9 Å². The van der Waals surface area contributed by atoms with Crippen molar-refractivity contribution in [1.29, 1.82) is 0 Å². The largest absolute Gasteiger partial charge is 0.386 e. The first-order valence-corrected chi connectivity index (χ1v) is 10.4. The van der Waals surface area contributed by atoms with E-state index in [4.69, 9.17) is 9.47 Å². The zero-order valence-electron chi connectivity index (χ0n) is 18.2. The standard InChI is InChI=1S/C26H19NO6/c1-26(2,3)14-4-6-15(7-5-14)27(16-8-10-18-20(12-16)24(30)32-22(18)28)17-9-11-19-21(13-17)25(31)33-23(19)29/h4-13H,1-3H3. The lowest BCUT2D eigenvalue weighted by molar-refractivity contribution is 0.0425. The van der Waals surface area contributed by atoms with Crippen LogP contribution in [0.5, 0.6) is 0 Å². The first kappa shape index (κ1) is 20.6. The molecule has 164 valence electrons. The number of ether oxygens (including phenoxy) is 2. The van der Waals surface area contributed by atoms with Crippen LogP contribution < -0.4 is 4.90 Å². The molecule has 0 fully saturated rings. The van der Waals surface area contributed by atoms with Gasteiger partial charge in [-0.05, 0) is 59.5 Å². The zero-order valence-corrected chi connectivity index (χ0v) is 18.2.